The number of likely N-dealkylation sites (tertiary alicyclic amines) is 1. The molecule has 1 fully saturated rings. The Hall–Kier alpha value is -2.09. The second-order valence-electron chi connectivity index (χ2n) is 8.07. The van der Waals surface area contributed by atoms with Gasteiger partial charge >= 0.3 is 0 Å². The third-order valence-corrected chi connectivity index (χ3v) is 6.57. The zero-order valence-corrected chi connectivity index (χ0v) is 17.9. The smallest absolute Gasteiger partial charge is 0.231 e. The summed E-state index contributed by atoms with van der Waals surface area (Å²) in [7, 11) is 2.15. The maximum absolute atomic E-state index is 10.6. The highest BCUT2D eigenvalue weighted by Crippen LogP contribution is 2.40. The van der Waals surface area contributed by atoms with Gasteiger partial charge in [0.2, 0.25) is 6.79 Å². The lowest BCUT2D eigenvalue weighted by atomic mass is 9.87. The average Bonchev–Trinajstić information content (AvgIpc) is 3.20. The van der Waals surface area contributed by atoms with Gasteiger partial charge in [0.15, 0.2) is 11.5 Å². The van der Waals surface area contributed by atoms with E-state index in [9.17, 15) is 5.11 Å². The topological polar surface area (TPSA) is 66.3 Å². The van der Waals surface area contributed by atoms with Gasteiger partial charge in [-0.3, -0.25) is 10.3 Å². The maximum atomic E-state index is 10.6. The molecule has 1 spiro atoms. The molecule has 0 unspecified atom stereocenters. The van der Waals surface area contributed by atoms with Crippen LogP contribution in [0.2, 0.25) is 0 Å². The van der Waals surface area contributed by atoms with Crippen molar-refractivity contribution in [3.63, 3.8) is 0 Å². The SMILES string of the molecule is CN1CCC2(CC1)N=C(c1ccc3c(c1)OCO3)C[C@@H](c1cc(Br)ccc1O)N2. The van der Waals surface area contributed by atoms with Gasteiger partial charge in [0.25, 0.3) is 0 Å². The van der Waals surface area contributed by atoms with Gasteiger partial charge < -0.3 is 19.5 Å². The molecular formula is C22H24BrN3O3. The fraction of sp³-hybridized carbons (Fsp3) is 0.409. The molecule has 152 valence electrons. The molecule has 2 aromatic rings. The van der Waals surface area contributed by atoms with Crippen molar-refractivity contribution in [1.29, 1.82) is 0 Å². The normalized spacial score (nSPS) is 23.2. The molecule has 0 radical (unpaired) electrons. The van der Waals surface area contributed by atoms with Crippen molar-refractivity contribution >= 4 is 21.6 Å². The second kappa shape index (κ2) is 7.31. The molecule has 0 amide bonds. The number of nitrogens with zero attached hydrogens (tertiary/aromatic N) is 2. The lowest BCUT2D eigenvalue weighted by Crippen LogP contribution is -2.55. The van der Waals surface area contributed by atoms with E-state index in [1.807, 2.05) is 24.3 Å². The predicted molar refractivity (Wildman–Crippen MR) is 115 cm³/mol. The Bertz CT molecular complexity index is 970. The first-order valence-corrected chi connectivity index (χ1v) is 10.7. The molecule has 3 heterocycles. The van der Waals surface area contributed by atoms with Crippen LogP contribution >= 0.6 is 15.9 Å². The van der Waals surface area contributed by atoms with Crippen molar-refractivity contribution in [3.8, 4) is 17.2 Å². The van der Waals surface area contributed by atoms with E-state index in [1.54, 1.807) is 6.07 Å². The van der Waals surface area contributed by atoms with Gasteiger partial charge in [-0.15, -0.1) is 0 Å². The van der Waals surface area contributed by atoms with E-state index in [-0.39, 0.29) is 18.5 Å². The minimum absolute atomic E-state index is 0.0196. The fourth-order valence-electron chi connectivity index (χ4n) is 4.40. The number of hydrogen-bond acceptors (Lipinski definition) is 6. The number of piperidine rings is 1. The summed E-state index contributed by atoms with van der Waals surface area (Å²) in [4.78, 5) is 7.56. The fourth-order valence-corrected chi connectivity index (χ4v) is 4.78. The number of benzene rings is 2. The van der Waals surface area contributed by atoms with Gasteiger partial charge in [-0.2, -0.15) is 0 Å². The molecule has 0 bridgehead atoms. The van der Waals surface area contributed by atoms with Crippen LogP contribution in [0, 0.1) is 0 Å². The second-order valence-corrected chi connectivity index (χ2v) is 8.98. The minimum Gasteiger partial charge on any atom is -0.508 e. The van der Waals surface area contributed by atoms with Crippen molar-refractivity contribution in [1.82, 2.24) is 10.2 Å². The number of hydrogen-bond donors (Lipinski definition) is 2. The average molecular weight is 458 g/mol. The minimum atomic E-state index is -0.324. The third-order valence-electron chi connectivity index (χ3n) is 6.07. The molecule has 6 nitrogen and oxygen atoms in total. The molecule has 1 saturated heterocycles. The van der Waals surface area contributed by atoms with Crippen LogP contribution in [0.5, 0.6) is 17.2 Å². The molecular weight excluding hydrogens is 434 g/mol. The first-order chi connectivity index (χ1) is 14.0. The Labute approximate surface area is 178 Å². The standard InChI is InChI=1S/C22H24BrN3O3/c1-26-8-6-22(7-9-26)24-17(14-2-5-20-21(10-14)29-13-28-20)12-18(25-22)16-11-15(23)3-4-19(16)27/h2-5,10-11,18,25,27H,6-9,12-13H2,1H3/t18-/m0/s1. The van der Waals surface area contributed by atoms with Crippen LogP contribution in [0.4, 0.5) is 0 Å². The van der Waals surface area contributed by atoms with E-state index in [0.29, 0.717) is 12.2 Å². The zero-order chi connectivity index (χ0) is 20.0. The summed E-state index contributed by atoms with van der Waals surface area (Å²) >= 11 is 3.55. The highest BCUT2D eigenvalue weighted by molar-refractivity contribution is 9.10. The number of phenolic OH excluding ortho intramolecular Hbond substituents is 1. The van der Waals surface area contributed by atoms with Gasteiger partial charge in [0, 0.05) is 41.3 Å². The number of aliphatic imine (C=N–C) groups is 1. The number of halogens is 1. The number of rotatable bonds is 2. The lowest BCUT2D eigenvalue weighted by Gasteiger charge is -2.44. The molecule has 1 atom stereocenters. The van der Waals surface area contributed by atoms with Crippen LogP contribution in [0.1, 0.15) is 36.4 Å². The molecule has 0 saturated carbocycles. The quantitative estimate of drug-likeness (QED) is 0.717. The van der Waals surface area contributed by atoms with Gasteiger partial charge in [-0.1, -0.05) is 15.9 Å². The zero-order valence-electron chi connectivity index (χ0n) is 16.3. The van der Waals surface area contributed by atoms with Crippen LogP contribution in [-0.4, -0.2) is 48.3 Å². The number of nitrogens with one attached hydrogen (secondary N) is 1. The third kappa shape index (κ3) is 3.63. The van der Waals surface area contributed by atoms with Gasteiger partial charge in [-0.25, -0.2) is 0 Å². The number of ether oxygens (including phenoxy) is 2. The summed E-state index contributed by atoms with van der Waals surface area (Å²) in [5.74, 6) is 1.85. The molecule has 3 aliphatic rings. The van der Waals surface area contributed by atoms with E-state index >= 15 is 0 Å². The van der Waals surface area contributed by atoms with E-state index in [4.69, 9.17) is 14.5 Å². The summed E-state index contributed by atoms with van der Waals surface area (Å²) < 4.78 is 12.0. The Balaban J connectivity index is 1.55. The van der Waals surface area contributed by atoms with E-state index in [1.165, 1.54) is 0 Å². The predicted octanol–water partition coefficient (Wildman–Crippen LogP) is 3.83. The van der Waals surface area contributed by atoms with Crippen molar-refractivity contribution < 1.29 is 14.6 Å². The van der Waals surface area contributed by atoms with Crippen LogP contribution in [-0.2, 0) is 0 Å². The molecule has 0 aromatic heterocycles. The van der Waals surface area contributed by atoms with Crippen molar-refractivity contribution in [2.24, 2.45) is 4.99 Å². The molecule has 3 aliphatic heterocycles. The molecule has 2 N–H and O–H groups in total. The lowest BCUT2D eigenvalue weighted by molar-refractivity contribution is 0.144. The number of fused-ring (bicyclic) bond motifs is 1. The van der Waals surface area contributed by atoms with Crippen LogP contribution in [0.25, 0.3) is 0 Å². The monoisotopic (exact) mass is 457 g/mol. The summed E-state index contributed by atoms with van der Waals surface area (Å²) in [5.41, 5.74) is 2.66. The Morgan fingerprint density at radius 3 is 2.76 bits per heavy atom. The summed E-state index contributed by atoms with van der Waals surface area (Å²) in [6, 6.07) is 11.6. The van der Waals surface area contributed by atoms with Crippen molar-refractivity contribution in [3.05, 3.63) is 52.0 Å². The summed E-state index contributed by atoms with van der Waals surface area (Å²) in [5, 5.41) is 14.3. The molecule has 5 rings (SSSR count). The van der Waals surface area contributed by atoms with Crippen LogP contribution < -0.4 is 14.8 Å². The largest absolute Gasteiger partial charge is 0.508 e. The van der Waals surface area contributed by atoms with E-state index in [0.717, 1.165) is 58.7 Å². The van der Waals surface area contributed by atoms with Crippen molar-refractivity contribution in [2.45, 2.75) is 31.0 Å². The summed E-state index contributed by atoms with van der Waals surface area (Å²) in [6.45, 7) is 2.24. The Kier molecular flexibility index (Phi) is 4.76. The number of phenols is 1. The first kappa shape index (κ1) is 18.9. The van der Waals surface area contributed by atoms with Gasteiger partial charge in [-0.05, 0) is 61.9 Å². The van der Waals surface area contributed by atoms with Crippen LogP contribution in [0.15, 0.2) is 45.9 Å². The molecule has 2 aromatic carbocycles. The Morgan fingerprint density at radius 1 is 1.14 bits per heavy atom. The first-order valence-electron chi connectivity index (χ1n) is 9.95. The van der Waals surface area contributed by atoms with Gasteiger partial charge in [0.1, 0.15) is 11.4 Å². The van der Waals surface area contributed by atoms with E-state index in [2.05, 4.69) is 39.3 Å². The Morgan fingerprint density at radius 2 is 1.93 bits per heavy atom. The highest BCUT2D eigenvalue weighted by atomic mass is 79.9. The maximum Gasteiger partial charge on any atom is 0.231 e. The van der Waals surface area contributed by atoms with Gasteiger partial charge in [0.05, 0.1) is 0 Å². The van der Waals surface area contributed by atoms with E-state index < -0.39 is 0 Å². The van der Waals surface area contributed by atoms with Crippen LogP contribution in [0.3, 0.4) is 0 Å². The molecule has 29 heavy (non-hydrogen) atoms. The van der Waals surface area contributed by atoms with Crippen molar-refractivity contribution in [2.75, 3.05) is 26.9 Å². The number of aromatic hydroxyl groups is 1. The molecule has 7 heteroatoms. The highest BCUT2D eigenvalue weighted by Gasteiger charge is 2.40. The summed E-state index contributed by atoms with van der Waals surface area (Å²) in [6.07, 6.45) is 2.56. The molecule has 0 aliphatic carbocycles.